The molecular weight excluding hydrogens is 757 g/mol. The van der Waals surface area contributed by atoms with Gasteiger partial charge in [-0.2, -0.15) is 0 Å². The summed E-state index contributed by atoms with van der Waals surface area (Å²) in [5.74, 6) is 0.591. The molecule has 10 aromatic carbocycles. The monoisotopic (exact) mass is 792 g/mol. The van der Waals surface area contributed by atoms with Crippen molar-refractivity contribution >= 4 is 93.3 Å². The Hall–Kier alpha value is -8.41. The van der Waals surface area contributed by atoms with Crippen LogP contribution in [0.3, 0.4) is 0 Å². The van der Waals surface area contributed by atoms with E-state index in [1.807, 2.05) is 0 Å². The standard InChI is InChI=1S/C57H36N4O/c1-3-19-38(20-4-1)59-49-30-13-11-24-42(49)44-34-33-40(35-52(44)59)61(51-32-16-29-48-56(51)62-57(58-48)46-28-15-18-37-17-7-8-23-41(37)46)53-36-54-55(45-26-10-9-25-43(45)53)47-27-12-14-31-50(47)60(54)39-21-5-2-6-22-39/h1-36H. The summed E-state index contributed by atoms with van der Waals surface area (Å²) < 4.78 is 11.8. The second-order valence-electron chi connectivity index (χ2n) is 15.9. The molecular formula is C57H36N4O. The minimum absolute atomic E-state index is 0.591. The van der Waals surface area contributed by atoms with Gasteiger partial charge in [0.15, 0.2) is 5.58 Å². The van der Waals surface area contributed by atoms with Crippen LogP contribution in [0, 0.1) is 0 Å². The number of oxazole rings is 1. The number of benzene rings is 10. The first kappa shape index (κ1) is 34.5. The topological polar surface area (TPSA) is 39.1 Å². The number of nitrogens with zero attached hydrogens (tertiary/aromatic N) is 4. The summed E-state index contributed by atoms with van der Waals surface area (Å²) in [4.78, 5) is 7.58. The average molecular weight is 793 g/mol. The number of hydrogen-bond donors (Lipinski definition) is 0. The predicted molar refractivity (Wildman–Crippen MR) is 258 cm³/mol. The lowest BCUT2D eigenvalue weighted by Crippen LogP contribution is -2.11. The number of para-hydroxylation sites is 5. The molecule has 0 saturated heterocycles. The van der Waals surface area contributed by atoms with E-state index in [1.54, 1.807) is 0 Å². The van der Waals surface area contributed by atoms with Gasteiger partial charge in [-0.3, -0.25) is 0 Å². The summed E-state index contributed by atoms with van der Waals surface area (Å²) in [7, 11) is 0. The number of aromatic nitrogens is 3. The molecule has 0 aliphatic rings. The van der Waals surface area contributed by atoms with E-state index < -0.39 is 0 Å². The highest BCUT2D eigenvalue weighted by Gasteiger charge is 2.26. The van der Waals surface area contributed by atoms with Crippen molar-refractivity contribution in [2.45, 2.75) is 0 Å². The molecule has 5 nitrogen and oxygen atoms in total. The van der Waals surface area contributed by atoms with Crippen LogP contribution in [-0.4, -0.2) is 14.1 Å². The van der Waals surface area contributed by atoms with Crippen LogP contribution >= 0.6 is 0 Å². The molecule has 0 fully saturated rings. The first-order chi connectivity index (χ1) is 30.8. The second-order valence-corrected chi connectivity index (χ2v) is 15.9. The highest BCUT2D eigenvalue weighted by atomic mass is 16.3. The third kappa shape index (κ3) is 5.12. The van der Waals surface area contributed by atoms with Gasteiger partial charge in [0.25, 0.3) is 0 Å². The molecule has 0 unspecified atom stereocenters. The Morgan fingerprint density at radius 1 is 0.387 bits per heavy atom. The van der Waals surface area contributed by atoms with Crippen LogP contribution in [0.25, 0.3) is 99.1 Å². The average Bonchev–Trinajstić information content (AvgIpc) is 4.03. The summed E-state index contributed by atoms with van der Waals surface area (Å²) in [6.07, 6.45) is 0. The highest BCUT2D eigenvalue weighted by Crippen LogP contribution is 2.48. The van der Waals surface area contributed by atoms with Gasteiger partial charge in [0, 0.05) is 49.6 Å². The predicted octanol–water partition coefficient (Wildman–Crippen LogP) is 15.5. The lowest BCUT2D eigenvalue weighted by molar-refractivity contribution is 0.621. The maximum Gasteiger partial charge on any atom is 0.228 e. The second kappa shape index (κ2) is 13.6. The minimum atomic E-state index is 0.591. The third-order valence-electron chi connectivity index (χ3n) is 12.5. The first-order valence-corrected chi connectivity index (χ1v) is 21.1. The largest absolute Gasteiger partial charge is 0.434 e. The van der Waals surface area contributed by atoms with Crippen LogP contribution in [0.2, 0.25) is 0 Å². The summed E-state index contributed by atoms with van der Waals surface area (Å²) in [6, 6.07) is 78.0. The van der Waals surface area contributed by atoms with Crippen molar-refractivity contribution in [2.24, 2.45) is 0 Å². The molecule has 0 aliphatic carbocycles. The summed E-state index contributed by atoms with van der Waals surface area (Å²) in [6.45, 7) is 0. The molecule has 0 spiro atoms. The molecule has 0 bridgehead atoms. The molecule has 13 rings (SSSR count). The van der Waals surface area contributed by atoms with Gasteiger partial charge >= 0.3 is 0 Å². The van der Waals surface area contributed by atoms with Crippen LogP contribution < -0.4 is 4.90 Å². The molecule has 0 amide bonds. The van der Waals surface area contributed by atoms with E-state index in [4.69, 9.17) is 9.40 Å². The van der Waals surface area contributed by atoms with Crippen LogP contribution in [0.4, 0.5) is 17.1 Å². The number of fused-ring (bicyclic) bond motifs is 10. The van der Waals surface area contributed by atoms with Crippen molar-refractivity contribution in [3.63, 3.8) is 0 Å². The van der Waals surface area contributed by atoms with Gasteiger partial charge in [-0.05, 0) is 89.0 Å². The van der Waals surface area contributed by atoms with E-state index in [9.17, 15) is 0 Å². The lowest BCUT2D eigenvalue weighted by atomic mass is 10.0. The van der Waals surface area contributed by atoms with Crippen molar-refractivity contribution in [2.75, 3.05) is 4.90 Å². The van der Waals surface area contributed by atoms with Crippen LogP contribution in [0.1, 0.15) is 0 Å². The molecule has 0 atom stereocenters. The Balaban J connectivity index is 1.15. The normalized spacial score (nSPS) is 11.9. The number of hydrogen-bond acceptors (Lipinski definition) is 3. The molecule has 3 heterocycles. The maximum atomic E-state index is 7.02. The van der Waals surface area contributed by atoms with Gasteiger partial charge < -0.3 is 18.5 Å². The van der Waals surface area contributed by atoms with Gasteiger partial charge in [-0.15, -0.1) is 0 Å². The molecule has 0 N–H and O–H groups in total. The Morgan fingerprint density at radius 3 is 1.74 bits per heavy atom. The molecule has 13 aromatic rings. The fraction of sp³-hybridized carbons (Fsp3) is 0. The maximum absolute atomic E-state index is 7.02. The van der Waals surface area contributed by atoms with E-state index in [0.29, 0.717) is 11.5 Å². The molecule has 0 saturated carbocycles. The van der Waals surface area contributed by atoms with E-state index in [1.165, 1.54) is 26.9 Å². The van der Waals surface area contributed by atoms with Gasteiger partial charge in [0.1, 0.15) is 5.52 Å². The third-order valence-corrected chi connectivity index (χ3v) is 12.5. The zero-order valence-corrected chi connectivity index (χ0v) is 33.5. The summed E-state index contributed by atoms with van der Waals surface area (Å²) >= 11 is 0. The zero-order valence-electron chi connectivity index (χ0n) is 33.5. The van der Waals surface area contributed by atoms with Crippen molar-refractivity contribution in [1.82, 2.24) is 14.1 Å². The van der Waals surface area contributed by atoms with Crippen molar-refractivity contribution in [1.29, 1.82) is 0 Å². The van der Waals surface area contributed by atoms with E-state index in [-0.39, 0.29) is 0 Å². The number of anilines is 3. The zero-order chi connectivity index (χ0) is 40.7. The quantitative estimate of drug-likeness (QED) is 0.168. The Labute approximate surface area is 356 Å². The molecule has 290 valence electrons. The summed E-state index contributed by atoms with van der Waals surface area (Å²) in [5, 5.41) is 9.39. The fourth-order valence-corrected chi connectivity index (χ4v) is 9.85. The van der Waals surface area contributed by atoms with Crippen molar-refractivity contribution in [3.05, 3.63) is 218 Å². The summed E-state index contributed by atoms with van der Waals surface area (Å²) in [5.41, 5.74) is 12.2. The van der Waals surface area contributed by atoms with Crippen LogP contribution in [0.15, 0.2) is 223 Å². The molecule has 62 heavy (non-hydrogen) atoms. The van der Waals surface area contributed by atoms with Crippen molar-refractivity contribution in [3.8, 4) is 22.8 Å². The molecule has 3 aromatic heterocycles. The van der Waals surface area contributed by atoms with E-state index in [0.717, 1.165) is 77.7 Å². The fourth-order valence-electron chi connectivity index (χ4n) is 9.85. The van der Waals surface area contributed by atoms with Gasteiger partial charge in [-0.25, -0.2) is 4.98 Å². The minimum Gasteiger partial charge on any atom is -0.434 e. The Bertz CT molecular complexity index is 3870. The number of rotatable bonds is 6. The molecule has 0 radical (unpaired) electrons. The Morgan fingerprint density at radius 2 is 0.968 bits per heavy atom. The smallest absolute Gasteiger partial charge is 0.228 e. The van der Waals surface area contributed by atoms with E-state index in [2.05, 4.69) is 232 Å². The van der Waals surface area contributed by atoms with Crippen LogP contribution in [-0.2, 0) is 0 Å². The van der Waals surface area contributed by atoms with Crippen LogP contribution in [0.5, 0.6) is 0 Å². The van der Waals surface area contributed by atoms with Gasteiger partial charge in [0.05, 0.1) is 33.4 Å². The van der Waals surface area contributed by atoms with Crippen molar-refractivity contribution < 1.29 is 4.42 Å². The van der Waals surface area contributed by atoms with Gasteiger partial charge in [0.2, 0.25) is 5.89 Å². The van der Waals surface area contributed by atoms with E-state index >= 15 is 0 Å². The highest BCUT2D eigenvalue weighted by molar-refractivity contribution is 6.25. The lowest BCUT2D eigenvalue weighted by Gasteiger charge is -2.27. The first-order valence-electron chi connectivity index (χ1n) is 21.1. The van der Waals surface area contributed by atoms with Gasteiger partial charge in [-0.1, -0.05) is 146 Å². The molecule has 5 heteroatoms. The SMILES string of the molecule is c1ccc(-n2c3ccccc3c3ccc(N(c4cc5c(c6ccccc46)c4ccccc4n5-c4ccccc4)c4cccc5nc(-c6cccc7ccccc67)oc45)cc32)cc1. The Kier molecular flexibility index (Phi) is 7.54. The molecule has 0 aliphatic heterocycles.